The van der Waals surface area contributed by atoms with E-state index in [0.717, 1.165) is 0 Å². The summed E-state index contributed by atoms with van der Waals surface area (Å²) in [7, 11) is -3.50. The van der Waals surface area contributed by atoms with E-state index in [9.17, 15) is 8.42 Å². The van der Waals surface area contributed by atoms with E-state index in [-0.39, 0.29) is 0 Å². The smallest absolute Gasteiger partial charge is 0.204 e. The number of hydrogen-bond acceptors (Lipinski definition) is 2. The van der Waals surface area contributed by atoms with Gasteiger partial charge in [0.25, 0.3) is 10.0 Å². The van der Waals surface area contributed by atoms with Crippen LogP contribution in [0.1, 0.15) is 26.3 Å². The molecule has 0 saturated carbocycles. The first-order valence-electron chi connectivity index (χ1n) is 4.78. The summed E-state index contributed by atoms with van der Waals surface area (Å²) in [5.41, 5.74) is 0.594. The van der Waals surface area contributed by atoms with Crippen LogP contribution >= 0.6 is 11.6 Å². The van der Waals surface area contributed by atoms with Crippen molar-refractivity contribution in [3.05, 3.63) is 34.9 Å². The van der Waals surface area contributed by atoms with E-state index in [0.29, 0.717) is 10.6 Å². The van der Waals surface area contributed by atoms with Gasteiger partial charge in [-0.15, -0.1) is 0 Å². The molecule has 0 fully saturated rings. The first kappa shape index (κ1) is 13.2. The second kappa shape index (κ2) is 4.55. The molecule has 0 spiro atoms. The van der Waals surface area contributed by atoms with Crippen molar-refractivity contribution in [3.63, 3.8) is 0 Å². The zero-order valence-corrected chi connectivity index (χ0v) is 11.0. The van der Waals surface area contributed by atoms with Gasteiger partial charge in [-0.2, -0.15) is 4.40 Å². The molecule has 0 unspecified atom stereocenters. The van der Waals surface area contributed by atoms with Crippen LogP contribution in [0.15, 0.2) is 28.7 Å². The average molecular weight is 260 g/mol. The minimum Gasteiger partial charge on any atom is -0.204 e. The van der Waals surface area contributed by atoms with Gasteiger partial charge in [0, 0.05) is 16.8 Å². The molecule has 0 aromatic heterocycles. The fraction of sp³-hybridized carbons (Fsp3) is 0.364. The highest BCUT2D eigenvalue weighted by atomic mass is 35.5. The van der Waals surface area contributed by atoms with Crippen LogP contribution in [-0.2, 0) is 10.0 Å². The van der Waals surface area contributed by atoms with Gasteiger partial charge in [0.1, 0.15) is 0 Å². The molecule has 1 aromatic carbocycles. The lowest BCUT2D eigenvalue weighted by molar-refractivity contribution is 0.562. The predicted molar refractivity (Wildman–Crippen MR) is 67.7 cm³/mol. The lowest BCUT2D eigenvalue weighted by Crippen LogP contribution is -2.25. The van der Waals surface area contributed by atoms with Gasteiger partial charge in [-0.25, -0.2) is 8.42 Å². The second-order valence-electron chi connectivity index (χ2n) is 4.34. The van der Waals surface area contributed by atoms with E-state index in [2.05, 4.69) is 4.40 Å². The Balaban J connectivity index is 3.04. The maximum Gasteiger partial charge on any atom is 0.258 e. The summed E-state index contributed by atoms with van der Waals surface area (Å²) in [6, 6.07) is 6.95. The van der Waals surface area contributed by atoms with Crippen molar-refractivity contribution in [1.29, 1.82) is 0 Å². The Hall–Kier alpha value is -0.870. The first-order chi connectivity index (χ1) is 7.24. The van der Waals surface area contributed by atoms with Crippen LogP contribution in [0.2, 0.25) is 5.02 Å². The van der Waals surface area contributed by atoms with E-state index >= 15 is 0 Å². The summed E-state index contributed by atoms with van der Waals surface area (Å²) in [6.07, 6.45) is 1.28. The van der Waals surface area contributed by atoms with Crippen LogP contribution in [0.4, 0.5) is 0 Å². The molecule has 1 rings (SSSR count). The summed E-state index contributed by atoms with van der Waals surface area (Å²) in [5.74, 6) is 0. The van der Waals surface area contributed by atoms with Gasteiger partial charge >= 0.3 is 0 Å². The Labute approximate surface area is 101 Å². The minimum atomic E-state index is -3.50. The molecule has 0 atom stereocenters. The fourth-order valence-electron chi connectivity index (χ4n) is 0.864. The highest BCUT2D eigenvalue weighted by Gasteiger charge is 2.27. The summed E-state index contributed by atoms with van der Waals surface area (Å²) in [4.78, 5) is 0. The zero-order chi connectivity index (χ0) is 12.4. The average Bonchev–Trinajstić information content (AvgIpc) is 2.15. The van der Waals surface area contributed by atoms with Crippen molar-refractivity contribution in [2.45, 2.75) is 25.5 Å². The topological polar surface area (TPSA) is 46.5 Å². The molecular formula is C11H14ClNO2S. The Bertz CT molecular complexity index is 501. The number of nitrogens with zero attached hydrogens (tertiary/aromatic N) is 1. The summed E-state index contributed by atoms with van der Waals surface area (Å²) in [5, 5.41) is 0.482. The van der Waals surface area contributed by atoms with E-state index in [1.807, 2.05) is 0 Å². The molecule has 88 valence electrons. The zero-order valence-electron chi connectivity index (χ0n) is 9.44. The molecule has 0 saturated heterocycles. The third kappa shape index (κ3) is 3.06. The quantitative estimate of drug-likeness (QED) is 0.767. The maximum atomic E-state index is 11.7. The molecule has 5 heteroatoms. The van der Waals surface area contributed by atoms with Gasteiger partial charge in [0.05, 0.1) is 4.75 Å². The lowest BCUT2D eigenvalue weighted by Gasteiger charge is -2.14. The summed E-state index contributed by atoms with van der Waals surface area (Å²) < 4.78 is 26.1. The molecule has 0 aliphatic carbocycles. The van der Waals surface area contributed by atoms with E-state index < -0.39 is 14.8 Å². The van der Waals surface area contributed by atoms with Gasteiger partial charge in [-0.3, -0.25) is 0 Å². The van der Waals surface area contributed by atoms with Crippen molar-refractivity contribution in [3.8, 4) is 0 Å². The lowest BCUT2D eigenvalue weighted by atomic mass is 10.2. The summed E-state index contributed by atoms with van der Waals surface area (Å²) in [6.45, 7) is 4.81. The van der Waals surface area contributed by atoms with Crippen LogP contribution in [0.25, 0.3) is 0 Å². The third-order valence-corrected chi connectivity index (χ3v) is 4.28. The standard InChI is InChI=1S/C11H14ClNO2S/c1-11(2,3)16(14,15)13-8-9-6-4-5-7-10(9)12/h4-8H,1-3H3/b13-8+. The Kier molecular flexibility index (Phi) is 3.76. The van der Waals surface area contributed by atoms with Crippen molar-refractivity contribution in [2.24, 2.45) is 4.40 Å². The van der Waals surface area contributed by atoms with Gasteiger partial charge < -0.3 is 0 Å². The predicted octanol–water partition coefficient (Wildman–Crippen LogP) is 2.89. The monoisotopic (exact) mass is 259 g/mol. The van der Waals surface area contributed by atoms with Crippen LogP contribution in [0, 0.1) is 0 Å². The number of rotatable bonds is 2. The second-order valence-corrected chi connectivity index (χ2v) is 7.14. The Morgan fingerprint density at radius 1 is 1.25 bits per heavy atom. The van der Waals surface area contributed by atoms with Gasteiger partial charge in [-0.1, -0.05) is 29.8 Å². The molecule has 0 bridgehead atoms. The largest absolute Gasteiger partial charge is 0.258 e. The molecule has 0 radical (unpaired) electrons. The SMILES string of the molecule is CC(C)(C)S(=O)(=O)/N=C/c1ccccc1Cl. The van der Waals surface area contributed by atoms with Crippen molar-refractivity contribution >= 4 is 27.8 Å². The van der Waals surface area contributed by atoms with E-state index in [1.54, 1.807) is 45.0 Å². The number of sulfonamides is 1. The molecule has 3 nitrogen and oxygen atoms in total. The molecule has 1 aromatic rings. The number of hydrogen-bond donors (Lipinski definition) is 0. The van der Waals surface area contributed by atoms with Crippen molar-refractivity contribution < 1.29 is 8.42 Å². The highest BCUT2D eigenvalue weighted by Crippen LogP contribution is 2.18. The van der Waals surface area contributed by atoms with E-state index in [4.69, 9.17) is 11.6 Å². The maximum absolute atomic E-state index is 11.7. The summed E-state index contributed by atoms with van der Waals surface area (Å²) >= 11 is 5.88. The number of halogens is 1. The van der Waals surface area contributed by atoms with Crippen LogP contribution in [0.3, 0.4) is 0 Å². The van der Waals surface area contributed by atoms with Gasteiger partial charge in [0.15, 0.2) is 0 Å². The molecule has 0 N–H and O–H groups in total. The Morgan fingerprint density at radius 2 is 1.81 bits per heavy atom. The van der Waals surface area contributed by atoms with Gasteiger partial charge in [0.2, 0.25) is 0 Å². The molecule has 0 heterocycles. The van der Waals surface area contributed by atoms with E-state index in [1.165, 1.54) is 6.21 Å². The third-order valence-electron chi connectivity index (χ3n) is 2.01. The molecule has 0 aliphatic rings. The van der Waals surface area contributed by atoms with Crippen LogP contribution in [0.5, 0.6) is 0 Å². The molecule has 0 aliphatic heterocycles. The van der Waals surface area contributed by atoms with Crippen LogP contribution in [-0.4, -0.2) is 19.4 Å². The highest BCUT2D eigenvalue weighted by molar-refractivity contribution is 7.91. The fourth-order valence-corrected chi connectivity index (χ4v) is 1.62. The molecular weight excluding hydrogens is 246 g/mol. The number of benzene rings is 1. The molecule has 0 amide bonds. The van der Waals surface area contributed by atoms with Crippen molar-refractivity contribution in [2.75, 3.05) is 0 Å². The van der Waals surface area contributed by atoms with Gasteiger partial charge in [-0.05, 0) is 26.8 Å². The minimum absolute atomic E-state index is 0.482. The van der Waals surface area contributed by atoms with Crippen molar-refractivity contribution in [1.82, 2.24) is 0 Å². The normalized spacial score (nSPS) is 13.2. The first-order valence-corrected chi connectivity index (χ1v) is 6.60. The van der Waals surface area contributed by atoms with Crippen LogP contribution < -0.4 is 0 Å². The Morgan fingerprint density at radius 3 is 2.31 bits per heavy atom. The molecule has 16 heavy (non-hydrogen) atoms.